The van der Waals surface area contributed by atoms with Gasteiger partial charge in [-0.1, -0.05) is 0 Å². The summed E-state index contributed by atoms with van der Waals surface area (Å²) in [5, 5.41) is 18.8. The molecule has 1 aliphatic carbocycles. The van der Waals surface area contributed by atoms with Crippen molar-refractivity contribution in [3.63, 3.8) is 0 Å². The van der Waals surface area contributed by atoms with Crippen LogP contribution >= 0.6 is 0 Å². The molecule has 16 heteroatoms. The van der Waals surface area contributed by atoms with E-state index in [0.29, 0.717) is 78.9 Å². The van der Waals surface area contributed by atoms with Gasteiger partial charge in [0.25, 0.3) is 0 Å². The quantitative estimate of drug-likeness (QED) is 0.256. The van der Waals surface area contributed by atoms with Crippen molar-refractivity contribution < 1.29 is 19.1 Å². The summed E-state index contributed by atoms with van der Waals surface area (Å²) in [4.78, 5) is 56.2. The largest absolute Gasteiger partial charge is 0.444 e. The van der Waals surface area contributed by atoms with Gasteiger partial charge in [0.2, 0.25) is 17.8 Å². The minimum atomic E-state index is -1.12. The van der Waals surface area contributed by atoms with Crippen LogP contribution in [0.15, 0.2) is 30.9 Å². The number of piperazine rings is 1. The van der Waals surface area contributed by atoms with E-state index in [9.17, 15) is 14.4 Å². The summed E-state index contributed by atoms with van der Waals surface area (Å²) in [7, 11) is 3.62. The number of pyridine rings is 1. The molecule has 2 aliphatic rings. The van der Waals surface area contributed by atoms with Crippen LogP contribution < -0.4 is 16.0 Å². The number of carbonyl (C=O) groups excluding carboxylic acids is 3. The molecule has 3 N–H and O–H groups in total. The van der Waals surface area contributed by atoms with E-state index in [4.69, 9.17) is 4.74 Å². The van der Waals surface area contributed by atoms with E-state index in [2.05, 4.69) is 41.1 Å². The number of rotatable bonds is 7. The molecule has 4 aromatic heterocycles. The molecule has 0 radical (unpaired) electrons. The van der Waals surface area contributed by atoms with E-state index >= 15 is 0 Å². The first-order valence-corrected chi connectivity index (χ1v) is 15.1. The number of hydrogen-bond acceptors (Lipinski definition) is 11. The molecule has 5 heterocycles. The van der Waals surface area contributed by atoms with Crippen LogP contribution in [0.25, 0.3) is 11.0 Å². The smallest absolute Gasteiger partial charge is 0.410 e. The maximum Gasteiger partial charge on any atom is 0.410 e. The summed E-state index contributed by atoms with van der Waals surface area (Å²) in [6.45, 7) is 8.68. The fourth-order valence-electron chi connectivity index (χ4n) is 5.30. The number of amides is 3. The van der Waals surface area contributed by atoms with E-state index in [1.807, 2.05) is 40.9 Å². The molecule has 46 heavy (non-hydrogen) atoms. The highest BCUT2D eigenvalue weighted by molar-refractivity contribution is 6.13. The van der Waals surface area contributed by atoms with Crippen molar-refractivity contribution in [3.8, 4) is 0 Å². The van der Waals surface area contributed by atoms with Crippen LogP contribution in [0.3, 0.4) is 0 Å². The number of aryl methyl sites for hydroxylation is 3. The van der Waals surface area contributed by atoms with Crippen LogP contribution in [0.2, 0.25) is 0 Å². The van der Waals surface area contributed by atoms with E-state index in [0.717, 1.165) is 5.69 Å². The average molecular weight is 631 g/mol. The SMILES string of the molecule is Cc1ncc(NC(=O)C2(C(=O)N3CCN(C(=O)OC(C)(C)C)CC3)CC2)cc1Nc1nn(C)c2nc(Nc3cnn(C)c3)ncc12. The Morgan fingerprint density at radius 1 is 0.935 bits per heavy atom. The van der Waals surface area contributed by atoms with Gasteiger partial charge in [-0.2, -0.15) is 15.2 Å². The van der Waals surface area contributed by atoms with Gasteiger partial charge in [-0.3, -0.25) is 19.3 Å². The van der Waals surface area contributed by atoms with Gasteiger partial charge in [0.1, 0.15) is 11.0 Å². The van der Waals surface area contributed by atoms with Gasteiger partial charge in [0, 0.05) is 52.7 Å². The fraction of sp³-hybridized carbons (Fsp3) is 0.467. The second kappa shape index (κ2) is 11.6. The number of carbonyl (C=O) groups is 3. The molecule has 0 bridgehead atoms. The third-order valence-corrected chi connectivity index (χ3v) is 7.95. The molecule has 1 aliphatic heterocycles. The Hall–Kier alpha value is -5.28. The average Bonchev–Trinajstić information content (AvgIpc) is 3.64. The first-order chi connectivity index (χ1) is 21.8. The fourth-order valence-corrected chi connectivity index (χ4v) is 5.30. The van der Waals surface area contributed by atoms with Crippen LogP contribution in [-0.4, -0.2) is 94.0 Å². The van der Waals surface area contributed by atoms with E-state index in [-0.39, 0.29) is 11.8 Å². The summed E-state index contributed by atoms with van der Waals surface area (Å²) >= 11 is 0. The number of anilines is 5. The molecule has 0 atom stereocenters. The summed E-state index contributed by atoms with van der Waals surface area (Å²) < 4.78 is 8.78. The molecule has 1 saturated carbocycles. The zero-order chi connectivity index (χ0) is 32.8. The molecule has 0 unspecified atom stereocenters. The van der Waals surface area contributed by atoms with E-state index in [1.165, 1.54) is 0 Å². The number of aromatic nitrogens is 7. The Morgan fingerprint density at radius 3 is 2.30 bits per heavy atom. The molecule has 3 amide bonds. The Morgan fingerprint density at radius 2 is 1.65 bits per heavy atom. The highest BCUT2D eigenvalue weighted by atomic mass is 16.6. The molecular weight excluding hydrogens is 592 g/mol. The standard InChI is InChI=1S/C30H38N12O4/c1-18-22(36-23-21-16-32-27(37-24(21)40(6)38-23)35-20-15-33-39(5)17-20)13-19(14-31-18)34-25(43)30(7-8-30)26(44)41-9-11-42(12-10-41)28(45)46-29(2,3)4/h13-17H,7-12H2,1-6H3,(H,34,43)(H,36,38)(H,32,35,37). The molecular formula is C30H38N12O4. The zero-order valence-corrected chi connectivity index (χ0v) is 26.8. The number of ether oxygens (including phenoxy) is 1. The number of nitrogens with one attached hydrogen (secondary N) is 3. The molecule has 0 aromatic carbocycles. The van der Waals surface area contributed by atoms with Crippen molar-refractivity contribution in [3.05, 3.63) is 36.5 Å². The summed E-state index contributed by atoms with van der Waals surface area (Å²) in [5.74, 6) is 0.350. The molecule has 1 saturated heterocycles. The van der Waals surface area contributed by atoms with Crippen molar-refractivity contribution in [2.75, 3.05) is 42.1 Å². The third-order valence-electron chi connectivity index (χ3n) is 7.95. The van der Waals surface area contributed by atoms with Crippen molar-refractivity contribution >= 4 is 57.8 Å². The van der Waals surface area contributed by atoms with Crippen molar-refractivity contribution in [2.45, 2.75) is 46.1 Å². The molecule has 4 aromatic rings. The number of hydrogen-bond donors (Lipinski definition) is 3. The van der Waals surface area contributed by atoms with Crippen LogP contribution in [-0.2, 0) is 28.4 Å². The summed E-state index contributed by atoms with van der Waals surface area (Å²) in [6, 6.07) is 1.76. The first kappa shape index (κ1) is 30.7. The Balaban J connectivity index is 1.11. The van der Waals surface area contributed by atoms with Gasteiger partial charge in [0.05, 0.1) is 40.5 Å². The summed E-state index contributed by atoms with van der Waals surface area (Å²) in [6.07, 6.45) is 7.28. The maximum atomic E-state index is 13.5. The minimum absolute atomic E-state index is 0.218. The van der Waals surface area contributed by atoms with Gasteiger partial charge in [-0.05, 0) is 46.6 Å². The predicted molar refractivity (Wildman–Crippen MR) is 170 cm³/mol. The number of nitrogens with zero attached hydrogens (tertiary/aromatic N) is 9. The van der Waals surface area contributed by atoms with Gasteiger partial charge in [-0.25, -0.2) is 14.5 Å². The Labute approximate surface area is 265 Å². The topological polar surface area (TPSA) is 177 Å². The maximum absolute atomic E-state index is 13.5. The van der Waals surface area contributed by atoms with Gasteiger partial charge in [-0.15, -0.1) is 0 Å². The Bertz CT molecular complexity index is 1810. The predicted octanol–water partition coefficient (Wildman–Crippen LogP) is 3.09. The molecule has 16 nitrogen and oxygen atoms in total. The lowest BCUT2D eigenvalue weighted by Crippen LogP contribution is -2.54. The first-order valence-electron chi connectivity index (χ1n) is 15.1. The van der Waals surface area contributed by atoms with Gasteiger partial charge in [0.15, 0.2) is 11.5 Å². The van der Waals surface area contributed by atoms with E-state index < -0.39 is 17.1 Å². The van der Waals surface area contributed by atoms with Crippen molar-refractivity contribution in [2.24, 2.45) is 19.5 Å². The third kappa shape index (κ3) is 6.27. The molecule has 2 fully saturated rings. The second-order valence-corrected chi connectivity index (χ2v) is 12.7. The van der Waals surface area contributed by atoms with Crippen LogP contribution in [0.1, 0.15) is 39.3 Å². The molecule has 0 spiro atoms. The van der Waals surface area contributed by atoms with Crippen LogP contribution in [0.4, 0.5) is 33.6 Å². The van der Waals surface area contributed by atoms with Crippen LogP contribution in [0.5, 0.6) is 0 Å². The van der Waals surface area contributed by atoms with Gasteiger partial charge >= 0.3 is 6.09 Å². The lowest BCUT2D eigenvalue weighted by molar-refractivity contribution is -0.143. The van der Waals surface area contributed by atoms with Gasteiger partial charge < -0.3 is 30.5 Å². The summed E-state index contributed by atoms with van der Waals surface area (Å²) in [5.41, 5.74) is 1.42. The highest BCUT2D eigenvalue weighted by Crippen LogP contribution is 2.48. The molecule has 6 rings (SSSR count). The van der Waals surface area contributed by atoms with Crippen molar-refractivity contribution in [1.82, 2.24) is 44.3 Å². The monoisotopic (exact) mass is 630 g/mol. The van der Waals surface area contributed by atoms with Crippen molar-refractivity contribution in [1.29, 1.82) is 0 Å². The minimum Gasteiger partial charge on any atom is -0.444 e. The molecule has 242 valence electrons. The Kier molecular flexibility index (Phi) is 7.73. The van der Waals surface area contributed by atoms with E-state index in [1.54, 1.807) is 50.9 Å². The number of fused-ring (bicyclic) bond motifs is 1. The normalized spacial score (nSPS) is 15.9. The lowest BCUT2D eigenvalue weighted by Gasteiger charge is -2.36. The highest BCUT2D eigenvalue weighted by Gasteiger charge is 2.58. The second-order valence-electron chi connectivity index (χ2n) is 12.7. The lowest BCUT2D eigenvalue weighted by atomic mass is 10.0. The van der Waals surface area contributed by atoms with Crippen LogP contribution in [0, 0.1) is 12.3 Å². The zero-order valence-electron chi connectivity index (χ0n) is 26.8.